The van der Waals surface area contributed by atoms with Crippen molar-refractivity contribution in [2.75, 3.05) is 6.61 Å². The fourth-order valence-corrected chi connectivity index (χ4v) is 1.67. The van der Waals surface area contributed by atoms with Crippen molar-refractivity contribution in [2.45, 2.75) is 39.2 Å². The van der Waals surface area contributed by atoms with Gasteiger partial charge in [0.2, 0.25) is 0 Å². The zero-order valence-corrected chi connectivity index (χ0v) is 10.6. The second-order valence-corrected chi connectivity index (χ2v) is 4.38. The van der Waals surface area contributed by atoms with Gasteiger partial charge < -0.3 is 9.84 Å². The van der Waals surface area contributed by atoms with Crippen LogP contribution in [0.25, 0.3) is 0 Å². The number of hydrogen-bond donors (Lipinski definition) is 1. The number of carboxylic acids is 1. The van der Waals surface area contributed by atoms with Gasteiger partial charge in [-0.1, -0.05) is 38.1 Å². The molecule has 1 aromatic rings. The molecule has 0 aliphatic heterocycles. The molecule has 1 unspecified atom stereocenters. The molecule has 0 fully saturated rings. The molecule has 1 atom stereocenters. The van der Waals surface area contributed by atoms with E-state index in [9.17, 15) is 4.79 Å². The lowest BCUT2D eigenvalue weighted by atomic mass is 10.00. The molecule has 0 spiro atoms. The fourth-order valence-electron chi connectivity index (χ4n) is 1.67. The van der Waals surface area contributed by atoms with Crippen LogP contribution in [0.3, 0.4) is 0 Å². The second kappa shape index (κ2) is 6.40. The van der Waals surface area contributed by atoms with Gasteiger partial charge in [0, 0.05) is 13.0 Å². The Balaban J connectivity index is 2.70. The van der Waals surface area contributed by atoms with Crippen molar-refractivity contribution in [1.29, 1.82) is 0 Å². The summed E-state index contributed by atoms with van der Waals surface area (Å²) in [6.07, 6.45) is -0.327. The number of ether oxygens (including phenoxy) is 1. The van der Waals surface area contributed by atoms with E-state index in [2.05, 4.69) is 13.8 Å². The first kappa shape index (κ1) is 13.7. The topological polar surface area (TPSA) is 46.5 Å². The first-order chi connectivity index (χ1) is 8.04. The molecule has 0 aliphatic carbocycles. The minimum absolute atomic E-state index is 0.418. The first-order valence-electron chi connectivity index (χ1n) is 5.97. The smallest absolute Gasteiger partial charge is 0.333 e. The summed E-state index contributed by atoms with van der Waals surface area (Å²) in [6.45, 7) is 6.49. The molecule has 0 aromatic heterocycles. The number of benzene rings is 1. The van der Waals surface area contributed by atoms with Gasteiger partial charge in [-0.05, 0) is 24.0 Å². The SMILES string of the molecule is CCOC(Cc1ccc(C(C)C)cc1)C(=O)O. The standard InChI is InChI=1S/C14H20O3/c1-4-17-13(14(15)16)9-11-5-7-12(8-6-11)10(2)3/h5-8,10,13H,4,9H2,1-3H3,(H,15,16). The third-order valence-electron chi connectivity index (χ3n) is 2.71. The lowest BCUT2D eigenvalue weighted by molar-refractivity contribution is -0.149. The molecule has 94 valence electrons. The van der Waals surface area contributed by atoms with Gasteiger partial charge >= 0.3 is 5.97 Å². The molecule has 0 amide bonds. The monoisotopic (exact) mass is 236 g/mol. The number of carboxylic acid groups (broad SMARTS) is 1. The van der Waals surface area contributed by atoms with E-state index < -0.39 is 12.1 Å². The predicted molar refractivity (Wildman–Crippen MR) is 67.3 cm³/mol. The van der Waals surface area contributed by atoms with Gasteiger partial charge in [-0.25, -0.2) is 4.79 Å². The predicted octanol–water partition coefficient (Wildman–Crippen LogP) is 2.84. The minimum Gasteiger partial charge on any atom is -0.479 e. The van der Waals surface area contributed by atoms with Crippen LogP contribution in [-0.4, -0.2) is 23.8 Å². The van der Waals surface area contributed by atoms with Gasteiger partial charge in [0.1, 0.15) is 0 Å². The second-order valence-electron chi connectivity index (χ2n) is 4.38. The number of rotatable bonds is 6. The largest absolute Gasteiger partial charge is 0.479 e. The Hall–Kier alpha value is -1.35. The molecule has 0 saturated carbocycles. The maximum absolute atomic E-state index is 10.9. The van der Waals surface area contributed by atoms with Crippen molar-refractivity contribution < 1.29 is 14.6 Å². The number of aliphatic carboxylic acids is 1. The lowest BCUT2D eigenvalue weighted by Gasteiger charge is -2.13. The van der Waals surface area contributed by atoms with E-state index in [0.717, 1.165) is 5.56 Å². The van der Waals surface area contributed by atoms with E-state index in [-0.39, 0.29) is 0 Å². The van der Waals surface area contributed by atoms with Gasteiger partial charge in [-0.15, -0.1) is 0 Å². The number of carbonyl (C=O) groups is 1. The first-order valence-corrected chi connectivity index (χ1v) is 5.97. The van der Waals surface area contributed by atoms with Crippen LogP contribution in [0.2, 0.25) is 0 Å². The van der Waals surface area contributed by atoms with Crippen molar-refractivity contribution in [1.82, 2.24) is 0 Å². The minimum atomic E-state index is -0.903. The molecule has 0 bridgehead atoms. The molecule has 0 saturated heterocycles. The average Bonchev–Trinajstić information content (AvgIpc) is 2.29. The van der Waals surface area contributed by atoms with Gasteiger partial charge in [0.25, 0.3) is 0 Å². The van der Waals surface area contributed by atoms with Crippen LogP contribution in [-0.2, 0) is 16.0 Å². The van der Waals surface area contributed by atoms with Gasteiger partial charge in [-0.2, -0.15) is 0 Å². The summed E-state index contributed by atoms with van der Waals surface area (Å²) in [5.41, 5.74) is 2.26. The highest BCUT2D eigenvalue weighted by atomic mass is 16.5. The van der Waals surface area contributed by atoms with Crippen LogP contribution in [0.4, 0.5) is 0 Å². The Morgan fingerprint density at radius 2 is 1.88 bits per heavy atom. The van der Waals surface area contributed by atoms with Crippen molar-refractivity contribution in [3.05, 3.63) is 35.4 Å². The van der Waals surface area contributed by atoms with Gasteiger partial charge in [-0.3, -0.25) is 0 Å². The summed E-state index contributed by atoms with van der Waals surface area (Å²) >= 11 is 0. The van der Waals surface area contributed by atoms with Crippen molar-refractivity contribution in [3.8, 4) is 0 Å². The summed E-state index contributed by atoms with van der Waals surface area (Å²) in [5.74, 6) is -0.411. The van der Waals surface area contributed by atoms with E-state index in [1.807, 2.05) is 24.3 Å². The lowest BCUT2D eigenvalue weighted by Crippen LogP contribution is -2.26. The van der Waals surface area contributed by atoms with Crippen molar-refractivity contribution >= 4 is 5.97 Å². The normalized spacial score (nSPS) is 12.7. The van der Waals surface area contributed by atoms with Crippen LogP contribution < -0.4 is 0 Å². The average molecular weight is 236 g/mol. The summed E-state index contributed by atoms with van der Waals surface area (Å²) in [6, 6.07) is 8.05. The van der Waals surface area contributed by atoms with E-state index >= 15 is 0 Å². The van der Waals surface area contributed by atoms with E-state index in [1.54, 1.807) is 6.92 Å². The van der Waals surface area contributed by atoms with Crippen LogP contribution in [0.15, 0.2) is 24.3 Å². The Bertz CT molecular complexity index is 354. The highest BCUT2D eigenvalue weighted by Gasteiger charge is 2.17. The quantitative estimate of drug-likeness (QED) is 0.826. The van der Waals surface area contributed by atoms with Crippen LogP contribution in [0.1, 0.15) is 37.8 Å². The molecule has 0 aliphatic rings. The Morgan fingerprint density at radius 3 is 2.29 bits per heavy atom. The zero-order chi connectivity index (χ0) is 12.8. The summed E-state index contributed by atoms with van der Waals surface area (Å²) in [5, 5.41) is 8.98. The van der Waals surface area contributed by atoms with Crippen LogP contribution in [0, 0.1) is 0 Å². The molecule has 3 nitrogen and oxygen atoms in total. The Kier molecular flexibility index (Phi) is 5.16. The summed E-state index contributed by atoms with van der Waals surface area (Å²) < 4.78 is 5.19. The van der Waals surface area contributed by atoms with E-state index in [1.165, 1.54) is 5.56 Å². The molecular weight excluding hydrogens is 216 g/mol. The molecular formula is C14H20O3. The molecule has 1 rings (SSSR count). The third kappa shape index (κ3) is 4.19. The van der Waals surface area contributed by atoms with Gasteiger partial charge in [0.05, 0.1) is 0 Å². The zero-order valence-electron chi connectivity index (χ0n) is 10.6. The van der Waals surface area contributed by atoms with E-state index in [0.29, 0.717) is 18.9 Å². The fraction of sp³-hybridized carbons (Fsp3) is 0.500. The van der Waals surface area contributed by atoms with Crippen LogP contribution >= 0.6 is 0 Å². The molecule has 0 radical (unpaired) electrons. The molecule has 1 aromatic carbocycles. The molecule has 0 heterocycles. The number of hydrogen-bond acceptors (Lipinski definition) is 2. The molecule has 17 heavy (non-hydrogen) atoms. The molecule has 3 heteroatoms. The van der Waals surface area contributed by atoms with Gasteiger partial charge in [0.15, 0.2) is 6.10 Å². The third-order valence-corrected chi connectivity index (χ3v) is 2.71. The Morgan fingerprint density at radius 1 is 1.29 bits per heavy atom. The molecule has 1 N–H and O–H groups in total. The maximum atomic E-state index is 10.9. The maximum Gasteiger partial charge on any atom is 0.333 e. The Labute approximate surface area is 102 Å². The van der Waals surface area contributed by atoms with Crippen molar-refractivity contribution in [3.63, 3.8) is 0 Å². The highest BCUT2D eigenvalue weighted by Crippen LogP contribution is 2.16. The van der Waals surface area contributed by atoms with E-state index in [4.69, 9.17) is 9.84 Å². The van der Waals surface area contributed by atoms with Crippen LogP contribution in [0.5, 0.6) is 0 Å². The summed E-state index contributed by atoms with van der Waals surface area (Å²) in [7, 11) is 0. The highest BCUT2D eigenvalue weighted by molar-refractivity contribution is 5.72. The van der Waals surface area contributed by atoms with Crippen molar-refractivity contribution in [2.24, 2.45) is 0 Å². The summed E-state index contributed by atoms with van der Waals surface area (Å²) in [4.78, 5) is 10.9.